The summed E-state index contributed by atoms with van der Waals surface area (Å²) in [6.45, 7) is 6.23. The number of aliphatic hydroxyl groups is 2. The van der Waals surface area contributed by atoms with Gasteiger partial charge in [-0.2, -0.15) is 10.5 Å². The van der Waals surface area contributed by atoms with Crippen LogP contribution in [0.5, 0.6) is 0 Å². The van der Waals surface area contributed by atoms with Gasteiger partial charge in [-0.3, -0.25) is 14.4 Å². The Morgan fingerprint density at radius 1 is 0.644 bits per heavy atom. The van der Waals surface area contributed by atoms with E-state index in [0.717, 1.165) is 0 Å². The molecule has 312 valence electrons. The van der Waals surface area contributed by atoms with Crippen LogP contribution in [-0.2, 0) is 9.59 Å². The summed E-state index contributed by atoms with van der Waals surface area (Å²) in [5.41, 5.74) is 8.84. The second-order valence-corrected chi connectivity index (χ2v) is 15.1. The first kappa shape index (κ1) is 50.7. The Morgan fingerprint density at radius 3 is 1.41 bits per heavy atom. The van der Waals surface area contributed by atoms with Crippen molar-refractivity contribution in [2.75, 3.05) is 17.2 Å². The number of ketones is 3. The summed E-state index contributed by atoms with van der Waals surface area (Å²) in [5, 5.41) is 53.9. The van der Waals surface area contributed by atoms with Gasteiger partial charge in [-0.25, -0.2) is 4.79 Å². The Hall–Kier alpha value is -4.44. The second kappa shape index (κ2) is 24.0. The molecule has 0 fully saturated rings. The Balaban J connectivity index is 0.000000339. The summed E-state index contributed by atoms with van der Waals surface area (Å²) in [4.78, 5) is 47.0. The van der Waals surface area contributed by atoms with Crippen molar-refractivity contribution in [1.82, 2.24) is 0 Å². The highest BCUT2D eigenvalue weighted by Gasteiger charge is 2.26. The number of hydrogen-bond acceptors (Lipinski definition) is 11. The fourth-order valence-electron chi connectivity index (χ4n) is 5.04. The number of nitrogens with one attached hydrogen (secondary N) is 2. The number of Topliss-reactive ketones (excluding diaryl/α,β-unsaturated/α-hetero) is 3. The number of carbonyl (C=O) groups excluding carboxylic acids is 3. The molecule has 4 rings (SSSR count). The maximum absolute atomic E-state index is 12.7. The molecule has 0 aliphatic heterocycles. The zero-order valence-corrected chi connectivity index (χ0v) is 36.5. The molecule has 4 aromatic rings. The molecular weight excluding hydrogens is 887 g/mol. The molecular formula is C41H39Cl6N5O7. The van der Waals surface area contributed by atoms with Crippen LogP contribution in [0.15, 0.2) is 60.7 Å². The highest BCUT2D eigenvalue weighted by atomic mass is 35.5. The molecule has 0 bridgehead atoms. The molecule has 59 heavy (non-hydrogen) atoms. The Labute approximate surface area is 371 Å². The molecule has 0 spiro atoms. The Bertz CT molecular complexity index is 2270. The van der Waals surface area contributed by atoms with Crippen molar-refractivity contribution in [3.05, 3.63) is 124 Å². The van der Waals surface area contributed by atoms with Gasteiger partial charge in [0.15, 0.2) is 23.4 Å². The minimum atomic E-state index is -1.16. The molecule has 4 atom stereocenters. The van der Waals surface area contributed by atoms with Crippen molar-refractivity contribution in [1.29, 1.82) is 10.5 Å². The molecule has 0 heterocycles. The summed E-state index contributed by atoms with van der Waals surface area (Å²) in [5.74, 6) is -1.88. The first-order valence-electron chi connectivity index (χ1n) is 17.4. The largest absolute Gasteiger partial charge is 0.480 e. The van der Waals surface area contributed by atoms with Crippen LogP contribution in [0, 0.1) is 36.5 Å². The van der Waals surface area contributed by atoms with Gasteiger partial charge in [0.25, 0.3) is 0 Å². The van der Waals surface area contributed by atoms with Crippen molar-refractivity contribution in [3.63, 3.8) is 0 Å². The highest BCUT2D eigenvalue weighted by molar-refractivity contribution is 6.42. The van der Waals surface area contributed by atoms with E-state index < -0.39 is 30.3 Å². The molecule has 4 aromatic carbocycles. The lowest BCUT2D eigenvalue weighted by Gasteiger charge is -2.23. The van der Waals surface area contributed by atoms with E-state index in [2.05, 4.69) is 10.6 Å². The van der Waals surface area contributed by atoms with E-state index in [0.29, 0.717) is 59.8 Å². The zero-order valence-electron chi connectivity index (χ0n) is 31.9. The summed E-state index contributed by atoms with van der Waals surface area (Å²) < 4.78 is 0. The smallest absolute Gasteiger partial charge is 0.328 e. The third-order valence-corrected chi connectivity index (χ3v) is 10.9. The molecule has 0 aliphatic carbocycles. The number of carboxylic acids is 1. The molecule has 18 heteroatoms. The number of carboxylic acid groups (broad SMARTS) is 1. The van der Waals surface area contributed by atoms with Crippen molar-refractivity contribution >= 4 is 104 Å². The maximum Gasteiger partial charge on any atom is 0.328 e. The topological polar surface area (TPSA) is 227 Å². The van der Waals surface area contributed by atoms with Gasteiger partial charge in [0.05, 0.1) is 60.0 Å². The van der Waals surface area contributed by atoms with E-state index in [1.54, 1.807) is 44.2 Å². The first-order chi connectivity index (χ1) is 27.7. The summed E-state index contributed by atoms with van der Waals surface area (Å²) in [7, 11) is 0. The van der Waals surface area contributed by atoms with E-state index >= 15 is 0 Å². The summed E-state index contributed by atoms with van der Waals surface area (Å²) >= 11 is 35.2. The predicted octanol–water partition coefficient (Wildman–Crippen LogP) is 9.12. The van der Waals surface area contributed by atoms with Crippen LogP contribution in [0.4, 0.5) is 11.4 Å². The van der Waals surface area contributed by atoms with Gasteiger partial charge in [0.2, 0.25) is 0 Å². The van der Waals surface area contributed by atoms with Crippen LogP contribution >= 0.6 is 69.6 Å². The minimum absolute atomic E-state index is 0.0159. The molecule has 12 nitrogen and oxygen atoms in total. The van der Waals surface area contributed by atoms with Crippen LogP contribution in [0.2, 0.25) is 30.1 Å². The van der Waals surface area contributed by atoms with Crippen molar-refractivity contribution < 1.29 is 34.5 Å². The number of nitrogens with zero attached hydrogens (tertiary/aromatic N) is 2. The van der Waals surface area contributed by atoms with Crippen molar-refractivity contribution in [3.8, 4) is 12.1 Å². The van der Waals surface area contributed by atoms with Gasteiger partial charge in [-0.15, -0.1) is 0 Å². The van der Waals surface area contributed by atoms with Crippen molar-refractivity contribution in [2.45, 2.75) is 64.8 Å². The van der Waals surface area contributed by atoms with Gasteiger partial charge < -0.3 is 31.7 Å². The standard InChI is InChI=1S/C21H19Cl3N2O3.C12H13ClN2O3.C8H7Cl2NO/c1-11-17(6-4-14(10-25)20(11)24)26-21(12(2)27)19(29)8-7-18(28)13-3-5-15(22)16(23)9-13;1-6-9(4-3-8(5-14)10(6)13)15-11(7(2)16)12(17)18;9-6-2-1-5(3-7(6)10)8(12)4-11/h3-6,9,12,21,26-27H,7-8H2,1-2H3;3-4,7,11,15-16H,1-2H3,(H,17,18);1-3H,4,11H2/t12-,21-;7-,11-;/m11./s1. The van der Waals surface area contributed by atoms with Crippen LogP contribution in [-0.4, -0.2) is 69.5 Å². The number of benzene rings is 4. The van der Waals surface area contributed by atoms with Crippen LogP contribution in [0.25, 0.3) is 0 Å². The normalized spacial score (nSPS) is 12.4. The van der Waals surface area contributed by atoms with Gasteiger partial charge in [0, 0.05) is 35.3 Å². The lowest BCUT2D eigenvalue weighted by Crippen LogP contribution is -2.39. The fraction of sp³-hybridized carbons (Fsp3) is 0.268. The van der Waals surface area contributed by atoms with Gasteiger partial charge in [0.1, 0.15) is 18.2 Å². The number of halogens is 6. The number of nitriles is 2. The molecule has 0 saturated heterocycles. The van der Waals surface area contributed by atoms with Gasteiger partial charge >= 0.3 is 5.97 Å². The second-order valence-electron chi connectivity index (χ2n) is 12.8. The van der Waals surface area contributed by atoms with E-state index in [4.69, 9.17) is 91.0 Å². The van der Waals surface area contributed by atoms with Crippen LogP contribution in [0.1, 0.15) is 69.7 Å². The van der Waals surface area contributed by atoms with Crippen LogP contribution < -0.4 is 16.4 Å². The van der Waals surface area contributed by atoms with Crippen LogP contribution in [0.3, 0.4) is 0 Å². The molecule has 0 aliphatic rings. The number of nitrogens with two attached hydrogens (primary N) is 1. The number of aliphatic hydroxyl groups excluding tert-OH is 2. The van der Waals surface area contributed by atoms with E-state index in [9.17, 15) is 29.4 Å². The zero-order chi connectivity index (χ0) is 44.7. The average Bonchev–Trinajstić information content (AvgIpc) is 3.19. The molecule has 7 N–H and O–H groups in total. The molecule has 0 radical (unpaired) electrons. The summed E-state index contributed by atoms with van der Waals surface area (Å²) in [6, 6.07) is 17.3. The predicted molar refractivity (Wildman–Crippen MR) is 233 cm³/mol. The van der Waals surface area contributed by atoms with Gasteiger partial charge in [-0.1, -0.05) is 69.6 Å². The molecule has 0 amide bonds. The average molecular weight is 927 g/mol. The Kier molecular flexibility index (Phi) is 20.6. The third kappa shape index (κ3) is 14.7. The highest BCUT2D eigenvalue weighted by Crippen LogP contribution is 2.30. The SMILES string of the molecule is Cc1c(N[C@@H](C(=O)CCC(=O)c2ccc(Cl)c(Cl)c2)[C@@H](C)O)ccc(C#N)c1Cl.Cc1c(N[C@@H](C(=O)O)[C@@H](C)O)ccc(C#N)c1Cl.NCC(=O)c1ccc(Cl)c(Cl)c1. The van der Waals surface area contributed by atoms with E-state index in [1.165, 1.54) is 44.2 Å². The quantitative estimate of drug-likeness (QED) is 0.0651. The number of anilines is 2. The minimum Gasteiger partial charge on any atom is -0.480 e. The molecule has 0 aromatic heterocycles. The van der Waals surface area contributed by atoms with Crippen molar-refractivity contribution in [2.24, 2.45) is 5.73 Å². The lowest BCUT2D eigenvalue weighted by molar-refractivity contribution is -0.140. The number of hydrogen-bond donors (Lipinski definition) is 6. The Morgan fingerprint density at radius 2 is 1.05 bits per heavy atom. The number of carbonyl (C=O) groups is 4. The number of aliphatic carboxylic acids is 1. The first-order valence-corrected chi connectivity index (χ1v) is 19.6. The third-order valence-electron chi connectivity index (χ3n) is 8.48. The van der Waals surface area contributed by atoms with Gasteiger partial charge in [-0.05, 0) is 99.5 Å². The summed E-state index contributed by atoms with van der Waals surface area (Å²) in [6.07, 6.45) is -2.16. The van der Waals surface area contributed by atoms with E-state index in [1.807, 2.05) is 12.1 Å². The lowest BCUT2D eigenvalue weighted by atomic mass is 9.98. The number of rotatable bonds is 14. The monoisotopic (exact) mass is 923 g/mol. The maximum atomic E-state index is 12.7. The molecule has 0 saturated carbocycles. The molecule has 0 unspecified atom stereocenters. The van der Waals surface area contributed by atoms with E-state index in [-0.39, 0.29) is 51.8 Å². The fourth-order valence-corrected chi connectivity index (χ4v) is 6.05.